The van der Waals surface area contributed by atoms with E-state index in [1.165, 1.54) is 25.1 Å². The monoisotopic (exact) mass is 234 g/mol. The van der Waals surface area contributed by atoms with Crippen molar-refractivity contribution in [2.24, 2.45) is 23.5 Å². The van der Waals surface area contributed by atoms with Crippen LogP contribution in [0.5, 0.6) is 0 Å². The van der Waals surface area contributed by atoms with E-state index in [1.54, 1.807) is 0 Å². The van der Waals surface area contributed by atoms with E-state index >= 15 is 0 Å². The summed E-state index contributed by atoms with van der Waals surface area (Å²) in [5.74, 6) is 5.40. The summed E-state index contributed by atoms with van der Waals surface area (Å²) >= 11 is 0. The molecule has 2 atom stereocenters. The molecular formula is C13H22N4. The third-order valence-electron chi connectivity index (χ3n) is 4.20. The zero-order valence-corrected chi connectivity index (χ0v) is 10.8. The molecule has 2 aliphatic carbocycles. The Kier molecular flexibility index (Phi) is 2.69. The fourth-order valence-corrected chi connectivity index (χ4v) is 3.29. The van der Waals surface area contributed by atoms with Crippen LogP contribution < -0.4 is 5.73 Å². The van der Waals surface area contributed by atoms with Crippen LogP contribution in [0.3, 0.4) is 0 Å². The average Bonchev–Trinajstić information content (AvgIpc) is 2.74. The molecule has 94 valence electrons. The maximum absolute atomic E-state index is 5.75. The van der Waals surface area contributed by atoms with E-state index in [4.69, 9.17) is 5.73 Å². The van der Waals surface area contributed by atoms with Gasteiger partial charge in [-0.1, -0.05) is 13.8 Å². The predicted molar refractivity (Wildman–Crippen MR) is 66.3 cm³/mol. The summed E-state index contributed by atoms with van der Waals surface area (Å²) in [6, 6.07) is 0. The van der Waals surface area contributed by atoms with Gasteiger partial charge in [0.2, 0.25) is 0 Å². The normalized spacial score (nSPS) is 30.9. The van der Waals surface area contributed by atoms with Gasteiger partial charge < -0.3 is 10.3 Å². The first-order valence-electron chi connectivity index (χ1n) is 6.81. The second-order valence-corrected chi connectivity index (χ2v) is 6.11. The van der Waals surface area contributed by atoms with Gasteiger partial charge in [0.25, 0.3) is 0 Å². The van der Waals surface area contributed by atoms with Crippen LogP contribution in [0.1, 0.15) is 50.7 Å². The number of rotatable bonds is 4. The average molecular weight is 234 g/mol. The summed E-state index contributed by atoms with van der Waals surface area (Å²) < 4.78 is 2.28. The van der Waals surface area contributed by atoms with Gasteiger partial charge in [-0.15, -0.1) is 10.2 Å². The van der Waals surface area contributed by atoms with Crippen molar-refractivity contribution in [1.29, 1.82) is 0 Å². The zero-order valence-electron chi connectivity index (χ0n) is 10.8. The van der Waals surface area contributed by atoms with Crippen molar-refractivity contribution in [3.63, 3.8) is 0 Å². The molecule has 0 spiro atoms. The van der Waals surface area contributed by atoms with Crippen LogP contribution in [0.15, 0.2) is 0 Å². The minimum absolute atomic E-state index is 0.499. The van der Waals surface area contributed by atoms with Crippen LogP contribution in [0.25, 0.3) is 0 Å². The molecule has 2 N–H and O–H groups in total. The molecule has 2 fully saturated rings. The fourth-order valence-electron chi connectivity index (χ4n) is 3.29. The smallest absolute Gasteiger partial charge is 0.146 e. The molecule has 0 amide bonds. The van der Waals surface area contributed by atoms with Crippen LogP contribution in [-0.2, 0) is 13.1 Å². The predicted octanol–water partition coefficient (Wildman–Crippen LogP) is 1.91. The molecule has 4 nitrogen and oxygen atoms in total. The zero-order chi connectivity index (χ0) is 12.0. The summed E-state index contributed by atoms with van der Waals surface area (Å²) in [6.45, 7) is 5.96. The first kappa shape index (κ1) is 11.2. The lowest BCUT2D eigenvalue weighted by Crippen LogP contribution is -2.16. The Labute approximate surface area is 103 Å². The van der Waals surface area contributed by atoms with Gasteiger partial charge in [0, 0.05) is 12.5 Å². The SMILES string of the molecule is CC(C)Cn1c(CN)nnc1C1CC2CC2C1. The van der Waals surface area contributed by atoms with Crippen molar-refractivity contribution < 1.29 is 0 Å². The lowest BCUT2D eigenvalue weighted by atomic mass is 10.0. The quantitative estimate of drug-likeness (QED) is 0.865. The standard InChI is InChI=1S/C13H22N4/c1-8(2)7-17-12(6-14)15-16-13(17)11-4-9-3-10(9)5-11/h8-11H,3-7,14H2,1-2H3. The first-order chi connectivity index (χ1) is 8.19. The summed E-state index contributed by atoms with van der Waals surface area (Å²) in [5.41, 5.74) is 5.75. The van der Waals surface area contributed by atoms with Gasteiger partial charge in [-0.05, 0) is 37.0 Å². The molecule has 2 saturated carbocycles. The Morgan fingerprint density at radius 1 is 1.24 bits per heavy atom. The van der Waals surface area contributed by atoms with E-state index in [1.807, 2.05) is 0 Å². The topological polar surface area (TPSA) is 56.7 Å². The van der Waals surface area contributed by atoms with Gasteiger partial charge in [-0.2, -0.15) is 0 Å². The first-order valence-corrected chi connectivity index (χ1v) is 6.81. The lowest BCUT2D eigenvalue weighted by molar-refractivity contribution is 0.465. The van der Waals surface area contributed by atoms with Crippen LogP contribution in [0.2, 0.25) is 0 Å². The number of nitrogens with zero attached hydrogens (tertiary/aromatic N) is 3. The van der Waals surface area contributed by atoms with Crippen LogP contribution in [0.4, 0.5) is 0 Å². The van der Waals surface area contributed by atoms with Crippen molar-refractivity contribution in [1.82, 2.24) is 14.8 Å². The van der Waals surface area contributed by atoms with E-state index < -0.39 is 0 Å². The molecule has 0 saturated heterocycles. The van der Waals surface area contributed by atoms with Crippen LogP contribution >= 0.6 is 0 Å². The molecule has 1 heterocycles. The van der Waals surface area contributed by atoms with E-state index in [0.717, 1.165) is 24.2 Å². The highest BCUT2D eigenvalue weighted by molar-refractivity contribution is 5.10. The van der Waals surface area contributed by atoms with Gasteiger partial charge in [0.15, 0.2) is 0 Å². The fraction of sp³-hybridized carbons (Fsp3) is 0.846. The van der Waals surface area contributed by atoms with E-state index in [0.29, 0.717) is 18.4 Å². The minimum atomic E-state index is 0.499. The Bertz CT molecular complexity index is 400. The highest BCUT2D eigenvalue weighted by Gasteiger charge is 2.47. The van der Waals surface area contributed by atoms with Crippen molar-refractivity contribution >= 4 is 0 Å². The maximum Gasteiger partial charge on any atom is 0.146 e. The molecule has 1 aromatic heterocycles. The Morgan fingerprint density at radius 3 is 2.53 bits per heavy atom. The van der Waals surface area contributed by atoms with Crippen molar-refractivity contribution in [3.8, 4) is 0 Å². The molecule has 0 aliphatic heterocycles. The summed E-state index contributed by atoms with van der Waals surface area (Å²) in [7, 11) is 0. The van der Waals surface area contributed by atoms with Gasteiger partial charge in [-0.3, -0.25) is 0 Å². The largest absolute Gasteiger partial charge is 0.324 e. The van der Waals surface area contributed by atoms with E-state index in [-0.39, 0.29) is 0 Å². The van der Waals surface area contributed by atoms with Gasteiger partial charge in [0.1, 0.15) is 11.6 Å². The highest BCUT2D eigenvalue weighted by atomic mass is 15.3. The van der Waals surface area contributed by atoms with Crippen molar-refractivity contribution in [2.75, 3.05) is 0 Å². The van der Waals surface area contributed by atoms with E-state index in [2.05, 4.69) is 28.6 Å². The molecule has 0 radical (unpaired) electrons. The highest BCUT2D eigenvalue weighted by Crippen LogP contribution is 2.57. The molecule has 17 heavy (non-hydrogen) atoms. The molecule has 1 aromatic rings. The summed E-state index contributed by atoms with van der Waals surface area (Å²) in [5, 5.41) is 8.67. The Hall–Kier alpha value is -0.900. The molecule has 3 rings (SSSR count). The van der Waals surface area contributed by atoms with Crippen molar-refractivity contribution in [2.45, 2.75) is 52.1 Å². The maximum atomic E-state index is 5.75. The van der Waals surface area contributed by atoms with Crippen LogP contribution in [-0.4, -0.2) is 14.8 Å². The molecule has 0 bridgehead atoms. The summed E-state index contributed by atoms with van der Waals surface area (Å²) in [4.78, 5) is 0. The van der Waals surface area contributed by atoms with Crippen molar-refractivity contribution in [3.05, 3.63) is 11.6 Å². The number of aromatic nitrogens is 3. The number of hydrogen-bond donors (Lipinski definition) is 1. The molecule has 2 unspecified atom stereocenters. The number of nitrogens with two attached hydrogens (primary N) is 1. The third kappa shape index (κ3) is 1.99. The Morgan fingerprint density at radius 2 is 1.94 bits per heavy atom. The molecular weight excluding hydrogens is 212 g/mol. The molecule has 2 aliphatic rings. The van der Waals surface area contributed by atoms with E-state index in [9.17, 15) is 0 Å². The van der Waals surface area contributed by atoms with Crippen LogP contribution in [0, 0.1) is 17.8 Å². The second-order valence-electron chi connectivity index (χ2n) is 6.11. The number of hydrogen-bond acceptors (Lipinski definition) is 3. The summed E-state index contributed by atoms with van der Waals surface area (Å²) in [6.07, 6.45) is 4.11. The van der Waals surface area contributed by atoms with Gasteiger partial charge in [-0.25, -0.2) is 0 Å². The Balaban J connectivity index is 1.84. The molecule has 4 heteroatoms. The lowest BCUT2D eigenvalue weighted by Gasteiger charge is -2.16. The second kappa shape index (κ2) is 4.09. The number of fused-ring (bicyclic) bond motifs is 1. The minimum Gasteiger partial charge on any atom is -0.324 e. The van der Waals surface area contributed by atoms with Gasteiger partial charge >= 0.3 is 0 Å². The molecule has 0 aromatic carbocycles. The van der Waals surface area contributed by atoms with Gasteiger partial charge in [0.05, 0.1) is 6.54 Å². The third-order valence-corrected chi connectivity index (χ3v) is 4.20.